The van der Waals surface area contributed by atoms with E-state index in [-0.39, 0.29) is 43.6 Å². The van der Waals surface area contributed by atoms with Crippen LogP contribution in [0.15, 0.2) is 0 Å². The Hall–Kier alpha value is -1.30. The number of esters is 1. The predicted octanol–water partition coefficient (Wildman–Crippen LogP) is 2.19. The first-order valence-electron chi connectivity index (χ1n) is 18.5. The van der Waals surface area contributed by atoms with E-state index in [0.717, 1.165) is 0 Å². The summed E-state index contributed by atoms with van der Waals surface area (Å²) in [5, 5.41) is 45.3. The zero-order valence-corrected chi connectivity index (χ0v) is 33.0. The lowest BCUT2D eigenvalue weighted by atomic mass is 9.76. The van der Waals surface area contributed by atoms with E-state index in [1.54, 1.807) is 41.5 Å². The Balaban J connectivity index is 2.18. The molecule has 0 aromatic carbocycles. The number of hydrogen-bond acceptors (Lipinski definition) is 14. The molecule has 51 heavy (non-hydrogen) atoms. The molecular weight excluding hydrogens is 666 g/mol. The highest BCUT2D eigenvalue weighted by atomic mass is 16.7. The van der Waals surface area contributed by atoms with Crippen LogP contribution in [0.25, 0.3) is 0 Å². The molecule has 298 valence electrons. The molecule has 3 heterocycles. The Morgan fingerprint density at radius 1 is 0.882 bits per heavy atom. The molecule has 3 aliphatic heterocycles. The number of likely N-dealkylation sites (N-methyl/N-ethyl adjacent to an activating group) is 1. The fourth-order valence-electron chi connectivity index (χ4n) is 8.09. The Kier molecular flexibility index (Phi) is 15.1. The van der Waals surface area contributed by atoms with E-state index >= 15 is 0 Å². The molecule has 0 radical (unpaired) electrons. The van der Waals surface area contributed by atoms with Gasteiger partial charge >= 0.3 is 5.97 Å². The fourth-order valence-corrected chi connectivity index (χ4v) is 8.09. The molecule has 0 saturated carbocycles. The molecule has 3 saturated heterocycles. The molecule has 0 spiro atoms. The van der Waals surface area contributed by atoms with Crippen LogP contribution in [0.1, 0.15) is 94.4 Å². The van der Waals surface area contributed by atoms with E-state index in [2.05, 4.69) is 0 Å². The molecule has 3 fully saturated rings. The van der Waals surface area contributed by atoms with Gasteiger partial charge in [-0.3, -0.25) is 9.59 Å². The van der Waals surface area contributed by atoms with Crippen molar-refractivity contribution < 1.29 is 63.2 Å². The average molecular weight is 734 g/mol. The first-order valence-corrected chi connectivity index (χ1v) is 18.5. The zero-order chi connectivity index (χ0) is 38.8. The van der Waals surface area contributed by atoms with Gasteiger partial charge in [0, 0.05) is 44.9 Å². The van der Waals surface area contributed by atoms with E-state index in [1.807, 2.05) is 32.8 Å². The number of ether oxygens (including phenoxy) is 7. The maximum atomic E-state index is 14.1. The first-order chi connectivity index (χ1) is 23.6. The second kappa shape index (κ2) is 17.4. The monoisotopic (exact) mass is 733 g/mol. The van der Waals surface area contributed by atoms with Crippen molar-refractivity contribution in [2.75, 3.05) is 28.3 Å². The molecule has 14 nitrogen and oxygen atoms in total. The van der Waals surface area contributed by atoms with E-state index < -0.39 is 95.8 Å². The van der Waals surface area contributed by atoms with E-state index in [0.29, 0.717) is 6.42 Å². The van der Waals surface area contributed by atoms with E-state index in [1.165, 1.54) is 21.1 Å². The van der Waals surface area contributed by atoms with Gasteiger partial charge in [-0.2, -0.15) is 0 Å². The number of aliphatic hydroxyl groups is 4. The number of methoxy groups -OCH3 is 2. The number of hydrogen-bond donors (Lipinski definition) is 4. The minimum absolute atomic E-state index is 0.0407. The summed E-state index contributed by atoms with van der Waals surface area (Å²) in [6, 6.07) is -0.278. The van der Waals surface area contributed by atoms with Crippen molar-refractivity contribution in [2.24, 2.45) is 17.8 Å². The van der Waals surface area contributed by atoms with Crippen LogP contribution in [0.3, 0.4) is 0 Å². The highest BCUT2D eigenvalue weighted by molar-refractivity contribution is 5.81. The number of Topliss-reactive ketones (excluding diaryl/α,β-unsaturated/α-hetero) is 1. The predicted molar refractivity (Wildman–Crippen MR) is 187 cm³/mol. The van der Waals surface area contributed by atoms with Crippen LogP contribution in [0.5, 0.6) is 0 Å². The van der Waals surface area contributed by atoms with Crippen LogP contribution in [-0.2, 0) is 42.7 Å². The third-order valence-electron chi connectivity index (χ3n) is 12.0. The van der Waals surface area contributed by atoms with E-state index in [9.17, 15) is 30.0 Å². The number of carbonyl (C=O) groups excluding carboxylic acids is 2. The van der Waals surface area contributed by atoms with Crippen molar-refractivity contribution >= 4 is 11.8 Å². The lowest BCUT2D eigenvalue weighted by molar-refractivity contribution is -0.319. The summed E-state index contributed by atoms with van der Waals surface area (Å²) in [5.41, 5.74) is -4.20. The number of rotatable bonds is 8. The number of carbonyl (C=O) groups is 2. The number of ketones is 1. The van der Waals surface area contributed by atoms with Gasteiger partial charge in [-0.15, -0.1) is 0 Å². The SMILES string of the molecule is CC[C@H]1OC(=O)[C@H](C)[C@@H](OC2C[C@@](C)(OC)[C@@H](O)[C@H](C)O2)[C@H](C)[C@@H](OC2O[C@H](C)C[C@H](N(C)C)[C@H]2O)[C@@](C)(OC)CCC(=O)[C@H](C)[C@@H](O)[C@]1(C)O. The van der Waals surface area contributed by atoms with Gasteiger partial charge in [0.1, 0.15) is 29.7 Å². The van der Waals surface area contributed by atoms with Crippen LogP contribution in [-0.4, -0.2) is 150 Å². The van der Waals surface area contributed by atoms with Crippen molar-refractivity contribution in [3.8, 4) is 0 Å². The lowest BCUT2D eigenvalue weighted by Gasteiger charge is -2.49. The topological polar surface area (TPSA) is 183 Å². The van der Waals surface area contributed by atoms with Crippen LogP contribution in [0, 0.1) is 17.8 Å². The minimum atomic E-state index is -1.95. The van der Waals surface area contributed by atoms with Crippen molar-refractivity contribution in [1.82, 2.24) is 4.90 Å². The van der Waals surface area contributed by atoms with Gasteiger partial charge in [0.15, 0.2) is 12.6 Å². The smallest absolute Gasteiger partial charge is 0.311 e. The summed E-state index contributed by atoms with van der Waals surface area (Å²) < 4.78 is 43.6. The summed E-state index contributed by atoms with van der Waals surface area (Å²) in [6.45, 7) is 15.3. The molecule has 0 aromatic rings. The summed E-state index contributed by atoms with van der Waals surface area (Å²) in [4.78, 5) is 29.7. The maximum absolute atomic E-state index is 14.1. The van der Waals surface area contributed by atoms with Crippen LogP contribution in [0.2, 0.25) is 0 Å². The van der Waals surface area contributed by atoms with Gasteiger partial charge < -0.3 is 58.5 Å². The Morgan fingerprint density at radius 3 is 2.04 bits per heavy atom. The first kappa shape index (κ1) is 44.1. The molecule has 0 bridgehead atoms. The summed E-state index contributed by atoms with van der Waals surface area (Å²) >= 11 is 0. The van der Waals surface area contributed by atoms with E-state index in [4.69, 9.17) is 33.2 Å². The standard InChI is InChI=1S/C37H67NO13/c1-14-26-37(9,44)30(41)20(3)25(39)15-16-35(7,45-12)32(51-34-28(40)24(38(10)11)17-19(2)47-34)21(4)29(22(5)33(43)49-26)50-27-18-36(8,46-13)31(42)23(6)48-27/h19-24,26-32,34,40-42,44H,14-18H2,1-13H3/t19-,20+,21+,22-,23+,24+,26-,27?,28-,29+,30-,31+,32-,34?,35+,36-,37-/m1/s1. The largest absolute Gasteiger partial charge is 0.459 e. The number of aliphatic hydroxyl groups excluding tert-OH is 3. The fraction of sp³-hybridized carbons (Fsp3) is 0.946. The van der Waals surface area contributed by atoms with Gasteiger partial charge in [0.25, 0.3) is 0 Å². The van der Waals surface area contributed by atoms with Crippen LogP contribution < -0.4 is 0 Å². The number of cyclic esters (lactones) is 1. The molecule has 3 aliphatic rings. The molecule has 14 heteroatoms. The highest BCUT2D eigenvalue weighted by Gasteiger charge is 2.53. The Morgan fingerprint density at radius 2 is 1.49 bits per heavy atom. The van der Waals surface area contributed by atoms with Crippen LogP contribution >= 0.6 is 0 Å². The third-order valence-corrected chi connectivity index (χ3v) is 12.0. The quantitative estimate of drug-likeness (QED) is 0.267. The molecule has 0 amide bonds. The van der Waals surface area contributed by atoms with Gasteiger partial charge in [0.2, 0.25) is 0 Å². The molecule has 17 atom stereocenters. The van der Waals surface area contributed by atoms with Gasteiger partial charge in [0.05, 0.1) is 47.6 Å². The molecule has 0 aromatic heterocycles. The molecule has 0 aliphatic carbocycles. The Bertz CT molecular complexity index is 1160. The Labute approximate surface area is 304 Å². The normalized spacial score (nSPS) is 48.3. The van der Waals surface area contributed by atoms with Crippen molar-refractivity contribution in [3.63, 3.8) is 0 Å². The van der Waals surface area contributed by atoms with Gasteiger partial charge in [-0.25, -0.2) is 0 Å². The van der Waals surface area contributed by atoms with Crippen LogP contribution in [0.4, 0.5) is 0 Å². The van der Waals surface area contributed by atoms with Crippen molar-refractivity contribution in [2.45, 2.75) is 179 Å². The van der Waals surface area contributed by atoms with Crippen molar-refractivity contribution in [1.29, 1.82) is 0 Å². The highest BCUT2D eigenvalue weighted by Crippen LogP contribution is 2.41. The molecular formula is C37H67NO13. The molecule has 2 unspecified atom stereocenters. The third kappa shape index (κ3) is 9.51. The molecule has 3 rings (SSSR count). The summed E-state index contributed by atoms with van der Waals surface area (Å²) in [5.74, 6) is -3.74. The zero-order valence-electron chi connectivity index (χ0n) is 33.0. The molecule has 4 N–H and O–H groups in total. The van der Waals surface area contributed by atoms with Crippen molar-refractivity contribution in [3.05, 3.63) is 0 Å². The summed E-state index contributed by atoms with van der Waals surface area (Å²) in [7, 11) is 6.75. The summed E-state index contributed by atoms with van der Waals surface area (Å²) in [6.07, 6.45) is -8.66. The average Bonchev–Trinajstić information content (AvgIpc) is 3.08. The second-order valence-corrected chi connectivity index (χ2v) is 16.1. The lowest BCUT2D eigenvalue weighted by Crippen LogP contribution is -2.61. The van der Waals surface area contributed by atoms with Gasteiger partial charge in [-0.05, 0) is 74.9 Å². The number of nitrogens with zero attached hydrogens (tertiary/aromatic N) is 1. The maximum Gasteiger partial charge on any atom is 0.311 e. The second-order valence-electron chi connectivity index (χ2n) is 16.1. The van der Waals surface area contributed by atoms with Gasteiger partial charge in [-0.1, -0.05) is 20.8 Å². The minimum Gasteiger partial charge on any atom is -0.459 e.